The topological polar surface area (TPSA) is 56.7 Å². The summed E-state index contributed by atoms with van der Waals surface area (Å²) in [5.74, 6) is 0. The van der Waals surface area contributed by atoms with E-state index in [0.29, 0.717) is 6.04 Å². The van der Waals surface area contributed by atoms with Gasteiger partial charge in [-0.15, -0.1) is 0 Å². The van der Waals surface area contributed by atoms with E-state index in [2.05, 4.69) is 38.1 Å². The molecule has 120 valence electrons. The van der Waals surface area contributed by atoms with E-state index < -0.39 is 0 Å². The maximum Gasteiger partial charge on any atom is 0.319 e. The van der Waals surface area contributed by atoms with Crippen LogP contribution >= 0.6 is 11.8 Å². The number of nitrogens with zero attached hydrogens (tertiary/aromatic N) is 2. The third-order valence-electron chi connectivity index (χ3n) is 4.50. The van der Waals surface area contributed by atoms with Crippen molar-refractivity contribution in [2.24, 2.45) is 4.99 Å². The second kappa shape index (κ2) is 6.28. The van der Waals surface area contributed by atoms with Gasteiger partial charge in [-0.2, -0.15) is 0 Å². The number of amides is 2. The predicted molar refractivity (Wildman–Crippen MR) is 95.4 cm³/mol. The molecule has 0 radical (unpaired) electrons. The number of nitrogens with one attached hydrogen (secondary N) is 2. The largest absolute Gasteiger partial charge is 0.335 e. The normalized spacial score (nSPS) is 20.3. The van der Waals surface area contributed by atoms with Crippen LogP contribution in [0.1, 0.15) is 31.2 Å². The summed E-state index contributed by atoms with van der Waals surface area (Å²) in [6.07, 6.45) is 4.62. The van der Waals surface area contributed by atoms with E-state index in [4.69, 9.17) is 0 Å². The van der Waals surface area contributed by atoms with Crippen LogP contribution in [0.4, 0.5) is 10.5 Å². The minimum atomic E-state index is -0.103. The maximum atomic E-state index is 12.0. The lowest BCUT2D eigenvalue weighted by Gasteiger charge is -2.17. The highest BCUT2D eigenvalue weighted by Gasteiger charge is 2.26. The fourth-order valence-electron chi connectivity index (χ4n) is 3.29. The fraction of sp³-hybridized carbons (Fsp3) is 0.412. The molecule has 4 rings (SSSR count). The zero-order valence-corrected chi connectivity index (χ0v) is 13.7. The SMILES string of the molecule is O=C(Nc1ccc(C2=CSC3=NCCN23)cc1)NC1CCCC1. The number of urea groups is 1. The van der Waals surface area contributed by atoms with E-state index in [-0.39, 0.29) is 6.03 Å². The Morgan fingerprint density at radius 2 is 2.00 bits per heavy atom. The molecule has 0 bridgehead atoms. The minimum Gasteiger partial charge on any atom is -0.335 e. The van der Waals surface area contributed by atoms with Crippen LogP contribution in [-0.2, 0) is 0 Å². The minimum absolute atomic E-state index is 0.103. The molecule has 1 aromatic carbocycles. The van der Waals surface area contributed by atoms with Crippen molar-refractivity contribution in [1.82, 2.24) is 10.2 Å². The number of rotatable bonds is 3. The lowest BCUT2D eigenvalue weighted by Crippen LogP contribution is -2.36. The first kappa shape index (κ1) is 14.6. The summed E-state index contributed by atoms with van der Waals surface area (Å²) >= 11 is 1.68. The standard InChI is InChI=1S/C17H20N4OS/c22-16(19-13-3-1-2-4-13)20-14-7-5-12(6-8-14)15-11-23-17-18-9-10-21(15)17/h5-8,11,13H,1-4,9-10H2,(H2,19,20,22). The van der Waals surface area contributed by atoms with Crippen LogP contribution in [0.3, 0.4) is 0 Å². The summed E-state index contributed by atoms with van der Waals surface area (Å²) in [4.78, 5) is 18.7. The third-order valence-corrected chi connectivity index (χ3v) is 5.40. The molecule has 1 aliphatic carbocycles. The summed E-state index contributed by atoms with van der Waals surface area (Å²) in [7, 11) is 0. The molecule has 6 heteroatoms. The monoisotopic (exact) mass is 328 g/mol. The Balaban J connectivity index is 1.38. The number of anilines is 1. The van der Waals surface area contributed by atoms with Crippen LogP contribution in [0.15, 0.2) is 34.7 Å². The van der Waals surface area contributed by atoms with Gasteiger partial charge in [-0.1, -0.05) is 36.7 Å². The van der Waals surface area contributed by atoms with Gasteiger partial charge < -0.3 is 15.5 Å². The lowest BCUT2D eigenvalue weighted by atomic mass is 10.1. The zero-order valence-electron chi connectivity index (χ0n) is 12.9. The summed E-state index contributed by atoms with van der Waals surface area (Å²) in [5, 5.41) is 9.20. The van der Waals surface area contributed by atoms with Crippen molar-refractivity contribution in [2.45, 2.75) is 31.7 Å². The van der Waals surface area contributed by atoms with Gasteiger partial charge in [-0.3, -0.25) is 4.99 Å². The molecule has 2 heterocycles. The van der Waals surface area contributed by atoms with Crippen molar-refractivity contribution < 1.29 is 4.79 Å². The Labute approximate surface area is 140 Å². The summed E-state index contributed by atoms with van der Waals surface area (Å²) in [6, 6.07) is 8.26. The van der Waals surface area contributed by atoms with Gasteiger partial charge in [0.25, 0.3) is 0 Å². The number of benzene rings is 1. The molecule has 0 aromatic heterocycles. The van der Waals surface area contributed by atoms with E-state index in [1.165, 1.54) is 18.5 Å². The highest BCUT2D eigenvalue weighted by Crippen LogP contribution is 2.35. The van der Waals surface area contributed by atoms with Gasteiger partial charge >= 0.3 is 6.03 Å². The van der Waals surface area contributed by atoms with Crippen molar-refractivity contribution in [3.8, 4) is 0 Å². The van der Waals surface area contributed by atoms with Gasteiger partial charge in [0.1, 0.15) is 0 Å². The zero-order chi connectivity index (χ0) is 15.6. The van der Waals surface area contributed by atoms with Crippen molar-refractivity contribution >= 4 is 34.3 Å². The summed E-state index contributed by atoms with van der Waals surface area (Å²) in [5.41, 5.74) is 3.19. The number of aliphatic imine (C=N–C) groups is 1. The maximum absolute atomic E-state index is 12.0. The molecule has 1 aromatic rings. The average molecular weight is 328 g/mol. The van der Waals surface area contributed by atoms with E-state index in [1.807, 2.05) is 12.1 Å². The summed E-state index contributed by atoms with van der Waals surface area (Å²) < 4.78 is 0. The molecule has 1 fully saturated rings. The summed E-state index contributed by atoms with van der Waals surface area (Å²) in [6.45, 7) is 1.83. The van der Waals surface area contributed by atoms with Crippen LogP contribution in [0.2, 0.25) is 0 Å². The van der Waals surface area contributed by atoms with Crippen LogP contribution in [0.25, 0.3) is 5.70 Å². The predicted octanol–water partition coefficient (Wildman–Crippen LogP) is 3.47. The van der Waals surface area contributed by atoms with E-state index in [0.717, 1.165) is 42.3 Å². The Hall–Kier alpha value is -1.95. The van der Waals surface area contributed by atoms with E-state index >= 15 is 0 Å². The molecule has 0 atom stereocenters. The number of hydrogen-bond donors (Lipinski definition) is 2. The number of carbonyl (C=O) groups excluding carboxylic acids is 1. The molecule has 0 saturated heterocycles. The smallest absolute Gasteiger partial charge is 0.319 e. The van der Waals surface area contributed by atoms with Gasteiger partial charge in [0.15, 0.2) is 5.17 Å². The first-order valence-corrected chi connectivity index (χ1v) is 9.04. The van der Waals surface area contributed by atoms with Crippen molar-refractivity contribution in [1.29, 1.82) is 0 Å². The molecule has 5 nitrogen and oxygen atoms in total. The van der Waals surface area contributed by atoms with Gasteiger partial charge in [0.05, 0.1) is 12.2 Å². The van der Waals surface area contributed by atoms with Crippen LogP contribution in [0.5, 0.6) is 0 Å². The number of fused-ring (bicyclic) bond motifs is 1. The van der Waals surface area contributed by atoms with Crippen LogP contribution in [-0.4, -0.2) is 35.2 Å². The van der Waals surface area contributed by atoms with Gasteiger partial charge in [-0.05, 0) is 30.5 Å². The lowest BCUT2D eigenvalue weighted by molar-refractivity contribution is 0.248. The van der Waals surface area contributed by atoms with Crippen LogP contribution in [0, 0.1) is 0 Å². The Morgan fingerprint density at radius 1 is 1.22 bits per heavy atom. The van der Waals surface area contributed by atoms with Crippen molar-refractivity contribution in [3.05, 3.63) is 35.2 Å². The van der Waals surface area contributed by atoms with Crippen molar-refractivity contribution in [3.63, 3.8) is 0 Å². The number of carbonyl (C=O) groups is 1. The molecule has 2 amide bonds. The molecule has 3 aliphatic rings. The quantitative estimate of drug-likeness (QED) is 0.893. The molecule has 1 saturated carbocycles. The molecular formula is C17H20N4OS. The Kier molecular flexibility index (Phi) is 3.99. The number of thioether (sulfide) groups is 1. The van der Waals surface area contributed by atoms with Crippen molar-refractivity contribution in [2.75, 3.05) is 18.4 Å². The first-order chi connectivity index (χ1) is 11.3. The molecule has 2 N–H and O–H groups in total. The number of amidine groups is 1. The molecule has 0 spiro atoms. The average Bonchev–Trinajstić information content (AvgIpc) is 3.25. The Bertz CT molecular complexity index is 662. The third kappa shape index (κ3) is 3.08. The second-order valence-corrected chi connectivity index (χ2v) is 6.93. The van der Waals surface area contributed by atoms with Gasteiger partial charge in [0.2, 0.25) is 0 Å². The molecule has 23 heavy (non-hydrogen) atoms. The molecular weight excluding hydrogens is 308 g/mol. The van der Waals surface area contributed by atoms with Gasteiger partial charge in [-0.25, -0.2) is 4.79 Å². The Morgan fingerprint density at radius 3 is 2.78 bits per heavy atom. The second-order valence-electron chi connectivity index (χ2n) is 6.09. The highest BCUT2D eigenvalue weighted by molar-refractivity contribution is 8.16. The molecule has 2 aliphatic heterocycles. The first-order valence-electron chi connectivity index (χ1n) is 8.16. The molecule has 0 unspecified atom stereocenters. The van der Waals surface area contributed by atoms with E-state index in [9.17, 15) is 4.79 Å². The highest BCUT2D eigenvalue weighted by atomic mass is 32.2. The van der Waals surface area contributed by atoms with Gasteiger partial charge in [0, 0.05) is 23.7 Å². The van der Waals surface area contributed by atoms with Crippen LogP contribution < -0.4 is 10.6 Å². The number of hydrogen-bond acceptors (Lipinski definition) is 4. The fourth-order valence-corrected chi connectivity index (χ4v) is 4.26. The van der Waals surface area contributed by atoms with E-state index in [1.54, 1.807) is 11.8 Å².